The first-order valence-corrected chi connectivity index (χ1v) is 8.24. The number of benzene rings is 1. The molecule has 0 aliphatic rings. The van der Waals surface area contributed by atoms with Gasteiger partial charge < -0.3 is 14.5 Å². The Morgan fingerprint density at radius 1 is 1.26 bits per heavy atom. The Kier molecular flexibility index (Phi) is 4.48. The lowest BCUT2D eigenvalue weighted by Gasteiger charge is -2.09. The second-order valence-corrected chi connectivity index (χ2v) is 5.95. The number of aryl methyl sites for hydroxylation is 1. The fraction of sp³-hybridized carbons (Fsp3) is 0.167. The summed E-state index contributed by atoms with van der Waals surface area (Å²) in [6.07, 6.45) is 0. The highest BCUT2D eigenvalue weighted by Crippen LogP contribution is 2.27. The first-order chi connectivity index (χ1) is 11.2. The highest BCUT2D eigenvalue weighted by atomic mass is 32.1. The lowest BCUT2D eigenvalue weighted by atomic mass is 10.2. The van der Waals surface area contributed by atoms with Crippen LogP contribution >= 0.6 is 11.3 Å². The van der Waals surface area contributed by atoms with Crippen LogP contribution in [-0.2, 0) is 0 Å². The van der Waals surface area contributed by atoms with Crippen molar-refractivity contribution in [3.05, 3.63) is 59.2 Å². The van der Waals surface area contributed by atoms with Crippen molar-refractivity contribution in [2.24, 2.45) is 0 Å². The molecule has 0 aliphatic heterocycles. The van der Waals surface area contributed by atoms with Crippen LogP contribution in [0.15, 0.2) is 52.3 Å². The summed E-state index contributed by atoms with van der Waals surface area (Å²) in [4.78, 5) is 13.3. The molecule has 0 spiro atoms. The summed E-state index contributed by atoms with van der Waals surface area (Å²) in [5, 5.41) is 4.84. The van der Waals surface area contributed by atoms with Gasteiger partial charge in [-0.15, -0.1) is 11.3 Å². The van der Waals surface area contributed by atoms with Gasteiger partial charge in [-0.2, -0.15) is 0 Å². The summed E-state index contributed by atoms with van der Waals surface area (Å²) in [7, 11) is 0. The summed E-state index contributed by atoms with van der Waals surface area (Å²) in [5.41, 5.74) is 1.68. The standard InChI is InChI=1S/C18H17NO3S/c1-3-21-13-6-7-14(12(2)11-13)19-18(20)16-9-8-15(22-16)17-5-4-10-23-17/h4-11H,3H2,1-2H3,(H,19,20). The van der Waals surface area contributed by atoms with Crippen molar-refractivity contribution in [3.8, 4) is 16.4 Å². The van der Waals surface area contributed by atoms with E-state index >= 15 is 0 Å². The minimum atomic E-state index is -0.264. The molecule has 118 valence electrons. The maximum Gasteiger partial charge on any atom is 0.291 e. The SMILES string of the molecule is CCOc1ccc(NC(=O)c2ccc(-c3cccs3)o2)c(C)c1. The Morgan fingerprint density at radius 3 is 2.83 bits per heavy atom. The van der Waals surface area contributed by atoms with Crippen molar-refractivity contribution in [1.29, 1.82) is 0 Å². The highest BCUT2D eigenvalue weighted by Gasteiger charge is 2.14. The Hall–Kier alpha value is -2.53. The summed E-state index contributed by atoms with van der Waals surface area (Å²) in [6, 6.07) is 13.0. The minimum absolute atomic E-state index is 0.264. The number of rotatable bonds is 5. The third-order valence-electron chi connectivity index (χ3n) is 3.35. The van der Waals surface area contributed by atoms with Gasteiger partial charge in [-0.25, -0.2) is 0 Å². The Balaban J connectivity index is 1.74. The third kappa shape index (κ3) is 3.46. The van der Waals surface area contributed by atoms with E-state index < -0.39 is 0 Å². The molecule has 0 bridgehead atoms. The second-order valence-electron chi connectivity index (χ2n) is 5.01. The normalized spacial score (nSPS) is 10.5. The van der Waals surface area contributed by atoms with Crippen molar-refractivity contribution in [1.82, 2.24) is 0 Å². The highest BCUT2D eigenvalue weighted by molar-refractivity contribution is 7.13. The van der Waals surface area contributed by atoms with Crippen molar-refractivity contribution < 1.29 is 13.9 Å². The van der Waals surface area contributed by atoms with E-state index in [4.69, 9.17) is 9.15 Å². The van der Waals surface area contributed by atoms with Crippen LogP contribution in [0.3, 0.4) is 0 Å². The molecule has 0 radical (unpaired) electrons. The molecule has 0 fully saturated rings. The molecule has 1 aromatic carbocycles. The topological polar surface area (TPSA) is 51.5 Å². The summed E-state index contributed by atoms with van der Waals surface area (Å²) < 4.78 is 11.1. The number of carbonyl (C=O) groups excluding carboxylic acids is 1. The molecule has 23 heavy (non-hydrogen) atoms. The zero-order valence-electron chi connectivity index (χ0n) is 13.0. The Morgan fingerprint density at radius 2 is 2.13 bits per heavy atom. The van der Waals surface area contributed by atoms with Crippen LogP contribution in [0.2, 0.25) is 0 Å². The Bertz CT molecular complexity index is 806. The largest absolute Gasteiger partial charge is 0.494 e. The molecule has 0 unspecified atom stereocenters. The molecular formula is C18H17NO3S. The predicted octanol–water partition coefficient (Wildman–Crippen LogP) is 4.97. The number of thiophene rings is 1. The molecule has 0 saturated carbocycles. The van der Waals surface area contributed by atoms with Crippen molar-refractivity contribution >= 4 is 22.9 Å². The monoisotopic (exact) mass is 327 g/mol. The summed E-state index contributed by atoms with van der Waals surface area (Å²) in [5.74, 6) is 1.52. The van der Waals surface area contributed by atoms with E-state index in [2.05, 4.69) is 5.32 Å². The van der Waals surface area contributed by atoms with Gasteiger partial charge in [-0.05, 0) is 61.2 Å². The summed E-state index contributed by atoms with van der Waals surface area (Å²) >= 11 is 1.57. The van der Waals surface area contributed by atoms with E-state index in [1.165, 1.54) is 0 Å². The third-order valence-corrected chi connectivity index (χ3v) is 4.24. The molecule has 5 heteroatoms. The van der Waals surface area contributed by atoms with Crippen LogP contribution in [0.1, 0.15) is 23.0 Å². The molecule has 0 saturated heterocycles. The molecule has 2 aromatic heterocycles. The van der Waals surface area contributed by atoms with Gasteiger partial charge in [0.25, 0.3) is 5.91 Å². The summed E-state index contributed by atoms with van der Waals surface area (Å²) in [6.45, 7) is 4.48. The molecule has 4 nitrogen and oxygen atoms in total. The number of nitrogens with one attached hydrogen (secondary N) is 1. The molecule has 0 atom stereocenters. The van der Waals surface area contributed by atoms with E-state index in [1.54, 1.807) is 17.4 Å². The van der Waals surface area contributed by atoms with E-state index in [-0.39, 0.29) is 5.91 Å². The molecule has 3 rings (SSSR count). The Labute approximate surface area is 138 Å². The van der Waals surface area contributed by atoms with Crippen molar-refractivity contribution in [2.45, 2.75) is 13.8 Å². The van der Waals surface area contributed by atoms with Gasteiger partial charge in [0.1, 0.15) is 11.5 Å². The van der Waals surface area contributed by atoms with Crippen LogP contribution in [0, 0.1) is 6.92 Å². The fourth-order valence-electron chi connectivity index (χ4n) is 2.23. The van der Waals surface area contributed by atoms with Gasteiger partial charge in [0.15, 0.2) is 5.76 Å². The quantitative estimate of drug-likeness (QED) is 0.720. The van der Waals surface area contributed by atoms with Gasteiger partial charge >= 0.3 is 0 Å². The zero-order chi connectivity index (χ0) is 16.2. The van der Waals surface area contributed by atoms with Crippen LogP contribution in [0.4, 0.5) is 5.69 Å². The second kappa shape index (κ2) is 6.71. The smallest absolute Gasteiger partial charge is 0.291 e. The maximum absolute atomic E-state index is 12.3. The number of amides is 1. The van der Waals surface area contributed by atoms with Gasteiger partial charge in [0.2, 0.25) is 0 Å². The van der Waals surface area contributed by atoms with Crippen LogP contribution in [0.5, 0.6) is 5.75 Å². The zero-order valence-corrected chi connectivity index (χ0v) is 13.8. The predicted molar refractivity (Wildman–Crippen MR) is 92.3 cm³/mol. The number of anilines is 1. The minimum Gasteiger partial charge on any atom is -0.494 e. The van der Waals surface area contributed by atoms with E-state index in [0.29, 0.717) is 18.1 Å². The molecule has 0 aliphatic carbocycles. The number of hydrogen-bond acceptors (Lipinski definition) is 4. The lowest BCUT2D eigenvalue weighted by molar-refractivity contribution is 0.0997. The average Bonchev–Trinajstić information content (AvgIpc) is 3.20. The van der Waals surface area contributed by atoms with Crippen LogP contribution in [-0.4, -0.2) is 12.5 Å². The number of carbonyl (C=O) groups is 1. The maximum atomic E-state index is 12.3. The van der Waals surface area contributed by atoms with Crippen molar-refractivity contribution in [2.75, 3.05) is 11.9 Å². The van der Waals surface area contributed by atoms with Crippen LogP contribution in [0.25, 0.3) is 10.6 Å². The van der Waals surface area contributed by atoms with E-state index in [0.717, 1.165) is 21.9 Å². The van der Waals surface area contributed by atoms with E-state index in [9.17, 15) is 4.79 Å². The molecule has 3 aromatic rings. The van der Waals surface area contributed by atoms with Gasteiger partial charge in [-0.3, -0.25) is 4.79 Å². The van der Waals surface area contributed by atoms with Gasteiger partial charge in [-0.1, -0.05) is 6.07 Å². The number of ether oxygens (including phenoxy) is 1. The first kappa shape index (κ1) is 15.4. The molecule has 1 amide bonds. The van der Waals surface area contributed by atoms with Gasteiger partial charge in [0.05, 0.1) is 11.5 Å². The average molecular weight is 327 g/mol. The molecule has 2 heterocycles. The first-order valence-electron chi connectivity index (χ1n) is 7.36. The number of furan rings is 1. The van der Waals surface area contributed by atoms with Crippen LogP contribution < -0.4 is 10.1 Å². The number of hydrogen-bond donors (Lipinski definition) is 1. The van der Waals surface area contributed by atoms with Gasteiger partial charge in [0, 0.05) is 5.69 Å². The van der Waals surface area contributed by atoms with E-state index in [1.807, 2.05) is 55.6 Å². The van der Waals surface area contributed by atoms with Crippen molar-refractivity contribution in [3.63, 3.8) is 0 Å². The lowest BCUT2D eigenvalue weighted by Crippen LogP contribution is -2.11. The molecule has 1 N–H and O–H groups in total. The fourth-order valence-corrected chi connectivity index (χ4v) is 2.91. The molecular weight excluding hydrogens is 310 g/mol.